The summed E-state index contributed by atoms with van der Waals surface area (Å²) in [7, 11) is -3.39. The summed E-state index contributed by atoms with van der Waals surface area (Å²) in [6.07, 6.45) is 0. The number of likely N-dealkylation sites (N-methyl/N-ethyl adjacent to an activating group) is 1. The summed E-state index contributed by atoms with van der Waals surface area (Å²) in [6.45, 7) is 6.65. The molecule has 2 heterocycles. The van der Waals surface area contributed by atoms with Gasteiger partial charge in [0.05, 0.1) is 11.4 Å². The Morgan fingerprint density at radius 1 is 1.27 bits per heavy atom. The topological polar surface area (TPSA) is 82.1 Å². The molecule has 1 amide bonds. The van der Waals surface area contributed by atoms with Crippen LogP contribution in [0.3, 0.4) is 0 Å². The maximum atomic E-state index is 12.6. The second kappa shape index (κ2) is 8.31. The summed E-state index contributed by atoms with van der Waals surface area (Å²) in [5, 5.41) is 3.45. The van der Waals surface area contributed by atoms with Gasteiger partial charge in [0.2, 0.25) is 0 Å². The van der Waals surface area contributed by atoms with Crippen LogP contribution >= 0.6 is 11.8 Å². The Labute approximate surface area is 181 Å². The number of aryl methyl sites for hydroxylation is 1. The van der Waals surface area contributed by atoms with Crippen LogP contribution in [-0.4, -0.2) is 51.4 Å². The largest absolute Gasteiger partial charge is 0.370 e. The number of amidine groups is 1. The molecule has 0 saturated carbocycles. The predicted octanol–water partition coefficient (Wildman–Crippen LogP) is 2.86. The molecule has 0 radical (unpaired) electrons. The number of fused-ring (bicyclic) bond motifs is 3. The molecule has 2 aromatic rings. The molecule has 7 nitrogen and oxygen atoms in total. The maximum Gasteiger partial charge on any atom is 0.257 e. The minimum absolute atomic E-state index is 0.00754. The molecule has 2 aliphatic heterocycles. The Kier molecular flexibility index (Phi) is 5.75. The first-order chi connectivity index (χ1) is 14.4. The lowest BCUT2D eigenvalue weighted by atomic mass is 10.2. The maximum absolute atomic E-state index is 12.6. The fourth-order valence-corrected chi connectivity index (χ4v) is 5.87. The van der Waals surface area contributed by atoms with Gasteiger partial charge in [-0.1, -0.05) is 12.1 Å². The third-order valence-electron chi connectivity index (χ3n) is 5.15. The molecular weight excluding hydrogens is 420 g/mol. The van der Waals surface area contributed by atoms with Crippen molar-refractivity contribution in [2.24, 2.45) is 4.40 Å². The Morgan fingerprint density at radius 3 is 2.87 bits per heavy atom. The molecule has 9 heteroatoms. The van der Waals surface area contributed by atoms with Gasteiger partial charge in [0.25, 0.3) is 15.9 Å². The van der Waals surface area contributed by atoms with Gasteiger partial charge in [-0.3, -0.25) is 4.79 Å². The molecule has 0 aliphatic carbocycles. The first kappa shape index (κ1) is 20.7. The molecule has 0 aromatic heterocycles. The average molecular weight is 445 g/mol. The van der Waals surface area contributed by atoms with E-state index in [1.54, 1.807) is 12.1 Å². The van der Waals surface area contributed by atoms with Crippen LogP contribution in [0.1, 0.15) is 22.8 Å². The highest BCUT2D eigenvalue weighted by Gasteiger charge is 2.33. The fraction of sp³-hybridized carbons (Fsp3) is 0.333. The van der Waals surface area contributed by atoms with E-state index in [1.165, 1.54) is 17.3 Å². The Morgan fingerprint density at radius 2 is 2.10 bits per heavy atom. The Bertz CT molecular complexity index is 1110. The Balaban J connectivity index is 1.40. The molecule has 0 spiro atoms. The zero-order valence-corrected chi connectivity index (χ0v) is 18.6. The monoisotopic (exact) mass is 444 g/mol. The van der Waals surface area contributed by atoms with Crippen LogP contribution in [0.25, 0.3) is 0 Å². The zero-order chi connectivity index (χ0) is 21.3. The van der Waals surface area contributed by atoms with Crippen LogP contribution < -0.4 is 15.1 Å². The van der Waals surface area contributed by atoms with Crippen LogP contribution in [0.4, 0.5) is 11.4 Å². The number of hydrogen-bond acceptors (Lipinski definition) is 6. The van der Waals surface area contributed by atoms with Crippen molar-refractivity contribution in [2.45, 2.75) is 18.7 Å². The van der Waals surface area contributed by atoms with Crippen molar-refractivity contribution in [1.82, 2.24) is 5.32 Å². The molecule has 0 bridgehead atoms. The summed E-state index contributed by atoms with van der Waals surface area (Å²) < 4.78 is 27.3. The van der Waals surface area contributed by atoms with E-state index in [1.807, 2.05) is 17.0 Å². The van der Waals surface area contributed by atoms with Crippen LogP contribution in [0.2, 0.25) is 0 Å². The number of carbonyl (C=O) groups is 1. The van der Waals surface area contributed by atoms with Gasteiger partial charge in [-0.25, -0.2) is 8.42 Å². The van der Waals surface area contributed by atoms with Crippen molar-refractivity contribution in [1.29, 1.82) is 0 Å². The van der Waals surface area contributed by atoms with E-state index < -0.39 is 10.0 Å². The van der Waals surface area contributed by atoms with Gasteiger partial charge in [0, 0.05) is 42.3 Å². The predicted molar refractivity (Wildman–Crippen MR) is 122 cm³/mol. The van der Waals surface area contributed by atoms with E-state index in [-0.39, 0.29) is 11.7 Å². The number of benzene rings is 2. The highest BCUT2D eigenvalue weighted by molar-refractivity contribution is 8.15. The normalized spacial score (nSPS) is 16.5. The number of nitrogens with one attached hydrogen (secondary N) is 1. The van der Waals surface area contributed by atoms with E-state index in [0.717, 1.165) is 22.8 Å². The minimum atomic E-state index is -3.39. The number of carbonyl (C=O) groups excluding carboxylic acids is 1. The molecule has 0 fully saturated rings. The summed E-state index contributed by atoms with van der Waals surface area (Å²) >= 11 is 1.29. The van der Waals surface area contributed by atoms with Crippen LogP contribution in [0.5, 0.6) is 0 Å². The number of amides is 1. The summed E-state index contributed by atoms with van der Waals surface area (Å²) in [5.41, 5.74) is 3.82. The SMILES string of the molecule is CCN(CCNC(=O)c1ccc2c(c1)SC1=NS(=O)(=O)CCN12)c1cccc(C)c1. The quantitative estimate of drug-likeness (QED) is 0.738. The summed E-state index contributed by atoms with van der Waals surface area (Å²) in [5.74, 6) is -0.133. The lowest BCUT2D eigenvalue weighted by Crippen LogP contribution is -2.35. The molecule has 158 valence electrons. The number of rotatable bonds is 6. The molecule has 0 unspecified atom stereocenters. The number of sulfonamides is 1. The van der Waals surface area contributed by atoms with Crippen molar-refractivity contribution in [3.05, 3.63) is 53.6 Å². The molecule has 1 N–H and O–H groups in total. The molecule has 30 heavy (non-hydrogen) atoms. The molecule has 0 atom stereocenters. The third kappa shape index (κ3) is 4.32. The van der Waals surface area contributed by atoms with E-state index in [4.69, 9.17) is 0 Å². The van der Waals surface area contributed by atoms with E-state index in [2.05, 4.69) is 46.7 Å². The van der Waals surface area contributed by atoms with Gasteiger partial charge < -0.3 is 15.1 Å². The van der Waals surface area contributed by atoms with E-state index in [0.29, 0.717) is 30.4 Å². The van der Waals surface area contributed by atoms with Gasteiger partial charge in [0.1, 0.15) is 0 Å². The van der Waals surface area contributed by atoms with Crippen LogP contribution in [0.15, 0.2) is 51.8 Å². The number of nitrogens with zero attached hydrogens (tertiary/aromatic N) is 3. The number of hydrogen-bond donors (Lipinski definition) is 1. The van der Waals surface area contributed by atoms with Gasteiger partial charge in [0.15, 0.2) is 5.17 Å². The van der Waals surface area contributed by atoms with E-state index in [9.17, 15) is 13.2 Å². The molecule has 2 aromatic carbocycles. The average Bonchev–Trinajstić information content (AvgIpc) is 3.06. The summed E-state index contributed by atoms with van der Waals surface area (Å²) in [6, 6.07) is 13.8. The lowest BCUT2D eigenvalue weighted by Gasteiger charge is -2.23. The summed E-state index contributed by atoms with van der Waals surface area (Å²) in [4.78, 5) is 17.6. The number of anilines is 2. The molecular formula is C21H24N4O3S2. The fourth-order valence-electron chi connectivity index (χ4n) is 3.57. The van der Waals surface area contributed by atoms with Crippen molar-refractivity contribution in [2.75, 3.05) is 41.7 Å². The highest BCUT2D eigenvalue weighted by Crippen LogP contribution is 2.42. The Hall–Kier alpha value is -2.52. The van der Waals surface area contributed by atoms with Crippen molar-refractivity contribution in [3.8, 4) is 0 Å². The van der Waals surface area contributed by atoms with Crippen molar-refractivity contribution in [3.63, 3.8) is 0 Å². The molecule has 2 aliphatic rings. The zero-order valence-electron chi connectivity index (χ0n) is 17.0. The van der Waals surface area contributed by atoms with Gasteiger partial charge in [-0.05, 0) is 61.5 Å². The van der Waals surface area contributed by atoms with Crippen LogP contribution in [-0.2, 0) is 10.0 Å². The standard InChI is InChI=1S/C21H24N4O3S2/c1-3-24(17-6-4-5-15(2)13-17)10-9-22-20(26)16-7-8-18-19(14-16)29-21-23-30(27,28)12-11-25(18)21/h4-8,13-14H,3,9-12H2,1-2H3,(H,22,26). The smallest absolute Gasteiger partial charge is 0.257 e. The van der Waals surface area contributed by atoms with Gasteiger partial charge in [-0.2, -0.15) is 0 Å². The van der Waals surface area contributed by atoms with Crippen molar-refractivity contribution < 1.29 is 13.2 Å². The lowest BCUT2D eigenvalue weighted by molar-refractivity contribution is 0.0954. The van der Waals surface area contributed by atoms with Crippen LogP contribution in [0, 0.1) is 6.92 Å². The minimum Gasteiger partial charge on any atom is -0.370 e. The number of thioether (sulfide) groups is 1. The molecule has 0 saturated heterocycles. The first-order valence-electron chi connectivity index (χ1n) is 9.88. The second-order valence-electron chi connectivity index (χ2n) is 7.27. The van der Waals surface area contributed by atoms with E-state index >= 15 is 0 Å². The van der Waals surface area contributed by atoms with Gasteiger partial charge >= 0.3 is 0 Å². The van der Waals surface area contributed by atoms with Gasteiger partial charge in [-0.15, -0.1) is 4.40 Å². The highest BCUT2D eigenvalue weighted by atomic mass is 32.2. The van der Waals surface area contributed by atoms with Crippen molar-refractivity contribution >= 4 is 44.2 Å². The second-order valence-corrected chi connectivity index (χ2v) is 10.0. The molecule has 4 rings (SSSR count). The first-order valence-corrected chi connectivity index (χ1v) is 12.3. The third-order valence-corrected chi connectivity index (χ3v) is 7.46.